The van der Waals surface area contributed by atoms with Crippen molar-refractivity contribution >= 4 is 12.0 Å². The Hall–Kier alpha value is -1.72. The Bertz CT molecular complexity index is 307. The van der Waals surface area contributed by atoms with Crippen LogP contribution in [0.4, 0.5) is 4.79 Å². The third kappa shape index (κ3) is 7.21. The van der Waals surface area contributed by atoms with Crippen LogP contribution in [0.5, 0.6) is 0 Å². The molecule has 1 N–H and O–H groups in total. The summed E-state index contributed by atoms with van der Waals surface area (Å²) in [5.41, 5.74) is -0.662. The number of rotatable bonds is 5. The van der Waals surface area contributed by atoms with Gasteiger partial charge in [0.1, 0.15) is 11.6 Å². The standard InChI is InChI=1S/C11H18N2O4/c1-5-6-7-8(9(14)13-16)12-10(15)17-11(2,3)4/h5,8H,1,6-7H2,2-4H3,(H,12,15). The third-order valence-corrected chi connectivity index (χ3v) is 1.74. The minimum atomic E-state index is -0.958. The zero-order valence-corrected chi connectivity index (χ0v) is 10.4. The normalized spacial score (nSPS) is 12.4. The molecular formula is C11H18N2O4. The van der Waals surface area contributed by atoms with Crippen molar-refractivity contribution in [2.45, 2.75) is 45.3 Å². The Morgan fingerprint density at radius 2 is 2.06 bits per heavy atom. The first-order valence-electron chi connectivity index (χ1n) is 5.27. The SMILES string of the molecule is C=CCCC(NC(=O)OC(C)(C)C)C(=O)N=O. The molecule has 1 atom stereocenters. The molecule has 1 unspecified atom stereocenters. The van der Waals surface area contributed by atoms with Crippen LogP contribution in [0.2, 0.25) is 0 Å². The maximum Gasteiger partial charge on any atom is 0.408 e. The molecule has 0 aliphatic heterocycles. The topological polar surface area (TPSA) is 84.8 Å². The maximum atomic E-state index is 11.4. The van der Waals surface area contributed by atoms with Crippen molar-refractivity contribution in [2.24, 2.45) is 5.18 Å². The lowest BCUT2D eigenvalue weighted by atomic mass is 10.1. The molecule has 0 aromatic heterocycles. The molecule has 0 rings (SSSR count). The summed E-state index contributed by atoms with van der Waals surface area (Å²) in [6, 6.07) is -0.958. The van der Waals surface area contributed by atoms with Gasteiger partial charge in [0, 0.05) is 5.18 Å². The van der Waals surface area contributed by atoms with Gasteiger partial charge in [-0.3, -0.25) is 4.79 Å². The van der Waals surface area contributed by atoms with Crippen LogP contribution in [-0.4, -0.2) is 23.6 Å². The fourth-order valence-corrected chi connectivity index (χ4v) is 1.06. The van der Waals surface area contributed by atoms with Gasteiger partial charge in [-0.1, -0.05) is 6.08 Å². The molecule has 6 nitrogen and oxygen atoms in total. The molecule has 0 saturated heterocycles. The van der Waals surface area contributed by atoms with E-state index < -0.39 is 23.6 Å². The van der Waals surface area contributed by atoms with E-state index in [-0.39, 0.29) is 6.42 Å². The number of nitrogens with zero attached hydrogens (tertiary/aromatic N) is 1. The van der Waals surface area contributed by atoms with Crippen molar-refractivity contribution in [2.75, 3.05) is 0 Å². The van der Waals surface area contributed by atoms with Crippen molar-refractivity contribution < 1.29 is 14.3 Å². The third-order valence-electron chi connectivity index (χ3n) is 1.74. The number of nitroso groups, excluding NO2 is 1. The van der Waals surface area contributed by atoms with E-state index in [0.29, 0.717) is 6.42 Å². The molecule has 0 aromatic carbocycles. The van der Waals surface area contributed by atoms with Crippen LogP contribution in [0.25, 0.3) is 0 Å². The number of allylic oxidation sites excluding steroid dienone is 1. The summed E-state index contributed by atoms with van der Waals surface area (Å²) in [5, 5.41) is 4.60. The summed E-state index contributed by atoms with van der Waals surface area (Å²) in [5.74, 6) is -0.919. The lowest BCUT2D eigenvalue weighted by Gasteiger charge is -2.21. The molecule has 0 radical (unpaired) electrons. The Morgan fingerprint density at radius 3 is 2.47 bits per heavy atom. The van der Waals surface area contributed by atoms with Crippen LogP contribution < -0.4 is 5.32 Å². The summed E-state index contributed by atoms with van der Waals surface area (Å²) in [6.07, 6.45) is 1.60. The molecule has 96 valence electrons. The summed E-state index contributed by atoms with van der Waals surface area (Å²) in [4.78, 5) is 32.7. The molecule has 2 amide bonds. The highest BCUT2D eigenvalue weighted by molar-refractivity contribution is 5.86. The van der Waals surface area contributed by atoms with Crippen LogP contribution in [0.15, 0.2) is 17.8 Å². The van der Waals surface area contributed by atoms with E-state index in [9.17, 15) is 14.5 Å². The molecular weight excluding hydrogens is 224 g/mol. The van der Waals surface area contributed by atoms with Gasteiger partial charge in [-0.25, -0.2) is 4.79 Å². The number of amides is 2. The monoisotopic (exact) mass is 242 g/mol. The Morgan fingerprint density at radius 1 is 1.47 bits per heavy atom. The molecule has 0 aliphatic carbocycles. The Labute approximate surface area is 100 Å². The fourth-order valence-electron chi connectivity index (χ4n) is 1.06. The number of carbonyl (C=O) groups excluding carboxylic acids is 2. The number of hydrogen-bond acceptors (Lipinski definition) is 4. The van der Waals surface area contributed by atoms with Gasteiger partial charge in [-0.2, -0.15) is 0 Å². The van der Waals surface area contributed by atoms with Crippen molar-refractivity contribution in [1.29, 1.82) is 0 Å². The van der Waals surface area contributed by atoms with Gasteiger partial charge in [0.2, 0.25) is 0 Å². The molecule has 17 heavy (non-hydrogen) atoms. The maximum absolute atomic E-state index is 11.4. The molecule has 0 bridgehead atoms. The Balaban J connectivity index is 4.42. The highest BCUT2D eigenvalue weighted by Crippen LogP contribution is 2.08. The zero-order chi connectivity index (χ0) is 13.5. The second-order valence-corrected chi connectivity index (χ2v) is 4.49. The van der Waals surface area contributed by atoms with Crippen molar-refractivity contribution in [3.63, 3.8) is 0 Å². The zero-order valence-electron chi connectivity index (χ0n) is 10.4. The van der Waals surface area contributed by atoms with Crippen LogP contribution in [0.3, 0.4) is 0 Å². The number of ether oxygens (including phenoxy) is 1. The first kappa shape index (κ1) is 15.3. The molecule has 0 saturated carbocycles. The van der Waals surface area contributed by atoms with Crippen LogP contribution in [0.1, 0.15) is 33.6 Å². The van der Waals surface area contributed by atoms with Gasteiger partial charge in [-0.05, 0) is 33.6 Å². The van der Waals surface area contributed by atoms with Gasteiger partial charge in [0.15, 0.2) is 0 Å². The second-order valence-electron chi connectivity index (χ2n) is 4.49. The van der Waals surface area contributed by atoms with E-state index in [1.807, 2.05) is 0 Å². The number of carbonyl (C=O) groups is 2. The van der Waals surface area contributed by atoms with Crippen molar-refractivity contribution in [1.82, 2.24) is 5.32 Å². The van der Waals surface area contributed by atoms with Crippen LogP contribution in [-0.2, 0) is 9.53 Å². The van der Waals surface area contributed by atoms with Crippen LogP contribution in [0, 0.1) is 4.91 Å². The van der Waals surface area contributed by atoms with E-state index in [4.69, 9.17) is 4.74 Å². The van der Waals surface area contributed by atoms with Gasteiger partial charge < -0.3 is 10.1 Å². The summed E-state index contributed by atoms with van der Waals surface area (Å²) in [6.45, 7) is 8.59. The lowest BCUT2D eigenvalue weighted by Crippen LogP contribution is -2.42. The van der Waals surface area contributed by atoms with Crippen molar-refractivity contribution in [3.8, 4) is 0 Å². The average molecular weight is 242 g/mol. The predicted octanol–water partition coefficient (Wildman–Crippen LogP) is 2.14. The fraction of sp³-hybridized carbons (Fsp3) is 0.636. The quantitative estimate of drug-likeness (QED) is 0.591. The van der Waals surface area contributed by atoms with E-state index in [1.54, 1.807) is 26.8 Å². The van der Waals surface area contributed by atoms with Crippen LogP contribution >= 0.6 is 0 Å². The van der Waals surface area contributed by atoms with Gasteiger partial charge in [0.25, 0.3) is 0 Å². The molecule has 0 heterocycles. The largest absolute Gasteiger partial charge is 0.444 e. The van der Waals surface area contributed by atoms with Gasteiger partial charge >= 0.3 is 12.0 Å². The molecule has 6 heteroatoms. The average Bonchev–Trinajstić information content (AvgIpc) is 2.20. The molecule has 0 aromatic rings. The number of nitrogens with one attached hydrogen (secondary N) is 1. The van der Waals surface area contributed by atoms with E-state index in [1.165, 1.54) is 0 Å². The minimum Gasteiger partial charge on any atom is -0.444 e. The molecule has 0 fully saturated rings. The number of hydrogen-bond donors (Lipinski definition) is 1. The van der Waals surface area contributed by atoms with Gasteiger partial charge in [-0.15, -0.1) is 11.5 Å². The second kappa shape index (κ2) is 6.78. The summed E-state index contributed by atoms with van der Waals surface area (Å²) in [7, 11) is 0. The first-order valence-corrected chi connectivity index (χ1v) is 5.27. The van der Waals surface area contributed by atoms with E-state index in [2.05, 4.69) is 17.1 Å². The predicted molar refractivity (Wildman–Crippen MR) is 63.4 cm³/mol. The summed E-state index contributed by atoms with van der Waals surface area (Å²) < 4.78 is 4.97. The smallest absolute Gasteiger partial charge is 0.408 e. The number of alkyl carbamates (subject to hydrolysis) is 1. The molecule has 0 spiro atoms. The van der Waals surface area contributed by atoms with E-state index in [0.717, 1.165) is 0 Å². The Kier molecular flexibility index (Phi) is 6.09. The van der Waals surface area contributed by atoms with Gasteiger partial charge in [0.05, 0.1) is 0 Å². The highest BCUT2D eigenvalue weighted by atomic mass is 16.6. The minimum absolute atomic E-state index is 0.271. The first-order chi connectivity index (χ1) is 7.80. The van der Waals surface area contributed by atoms with E-state index >= 15 is 0 Å². The molecule has 0 aliphatic rings. The summed E-state index contributed by atoms with van der Waals surface area (Å²) >= 11 is 0. The lowest BCUT2D eigenvalue weighted by molar-refractivity contribution is -0.120. The highest BCUT2D eigenvalue weighted by Gasteiger charge is 2.24. The van der Waals surface area contributed by atoms with Crippen molar-refractivity contribution in [3.05, 3.63) is 17.6 Å².